The molecule has 3 rings (SSSR count). The predicted molar refractivity (Wildman–Crippen MR) is 94.1 cm³/mol. The second kappa shape index (κ2) is 6.95. The molecule has 0 aliphatic heterocycles. The monoisotopic (exact) mass is 326 g/mol. The van der Waals surface area contributed by atoms with Crippen molar-refractivity contribution in [3.05, 3.63) is 40.3 Å². The summed E-state index contributed by atoms with van der Waals surface area (Å²) in [5, 5.41) is 11.4. The van der Waals surface area contributed by atoms with Gasteiger partial charge in [0.2, 0.25) is 0 Å². The van der Waals surface area contributed by atoms with Gasteiger partial charge in [0.1, 0.15) is 0 Å². The Morgan fingerprint density at radius 1 is 1.21 bits per heavy atom. The van der Waals surface area contributed by atoms with Gasteiger partial charge in [-0.05, 0) is 18.9 Å². The van der Waals surface area contributed by atoms with Gasteiger partial charge in [-0.2, -0.15) is 10.2 Å². The maximum Gasteiger partial charge on any atom is 0.292 e. The van der Waals surface area contributed by atoms with E-state index < -0.39 is 5.91 Å². The number of fused-ring (bicyclic) bond motifs is 1. The Bertz CT molecular complexity index is 817. The molecule has 0 radical (unpaired) electrons. The molecule has 126 valence electrons. The summed E-state index contributed by atoms with van der Waals surface area (Å²) < 4.78 is 0. The van der Waals surface area contributed by atoms with Gasteiger partial charge in [-0.25, -0.2) is 10.5 Å². The Hall–Kier alpha value is -2.50. The number of carbonyl (C=O) groups is 1. The first-order valence-electron chi connectivity index (χ1n) is 8.41. The second-order valence-corrected chi connectivity index (χ2v) is 6.71. The molecule has 0 bridgehead atoms. The summed E-state index contributed by atoms with van der Waals surface area (Å²) in [4.78, 5) is 24.1. The zero-order valence-corrected chi connectivity index (χ0v) is 13.8. The minimum Gasteiger partial charge on any atom is -0.267 e. The predicted octanol–water partition coefficient (Wildman–Crippen LogP) is 3.00. The van der Waals surface area contributed by atoms with Crippen molar-refractivity contribution < 1.29 is 4.79 Å². The van der Waals surface area contributed by atoms with Gasteiger partial charge in [0, 0.05) is 17.0 Å². The molecule has 6 nitrogen and oxygen atoms in total. The summed E-state index contributed by atoms with van der Waals surface area (Å²) in [5.74, 6) is -0.420. The third-order valence-electron chi connectivity index (χ3n) is 4.70. The fourth-order valence-corrected chi connectivity index (χ4v) is 3.25. The number of H-pyrrole nitrogens is 1. The lowest BCUT2D eigenvalue weighted by molar-refractivity contribution is 0.0950. The quantitative estimate of drug-likeness (QED) is 0.516. The maximum atomic E-state index is 12.4. The molecule has 1 aliphatic rings. The van der Waals surface area contributed by atoms with Gasteiger partial charge in [0.15, 0.2) is 5.69 Å². The number of hydrazone groups is 1. The van der Waals surface area contributed by atoms with Gasteiger partial charge in [0.25, 0.3) is 11.5 Å². The fraction of sp³-hybridized carbons (Fsp3) is 0.444. The van der Waals surface area contributed by atoms with Crippen LogP contribution < -0.4 is 11.0 Å². The summed E-state index contributed by atoms with van der Waals surface area (Å²) in [6.07, 6.45) is 8.96. The largest absolute Gasteiger partial charge is 0.292 e. The highest BCUT2D eigenvalue weighted by Gasteiger charge is 2.23. The zero-order valence-electron chi connectivity index (χ0n) is 13.8. The number of rotatable bonds is 3. The molecule has 1 amide bonds. The SMILES string of the molecule is CC1(/C=N/NC(=O)c2n[nH]c(=O)c3ccccc23)CCCCCC1. The van der Waals surface area contributed by atoms with Crippen molar-refractivity contribution in [2.45, 2.75) is 45.4 Å². The molecule has 2 aromatic rings. The third-order valence-corrected chi connectivity index (χ3v) is 4.70. The van der Waals surface area contributed by atoms with Crippen molar-refractivity contribution in [2.24, 2.45) is 10.5 Å². The van der Waals surface area contributed by atoms with Gasteiger partial charge in [-0.15, -0.1) is 0 Å². The number of hydrogen-bond donors (Lipinski definition) is 2. The van der Waals surface area contributed by atoms with E-state index in [0.717, 1.165) is 12.8 Å². The first kappa shape index (κ1) is 16.4. The average Bonchev–Trinajstić information content (AvgIpc) is 2.80. The first-order valence-corrected chi connectivity index (χ1v) is 8.41. The minimum absolute atomic E-state index is 0.0320. The highest BCUT2D eigenvalue weighted by molar-refractivity contribution is 6.04. The Balaban J connectivity index is 1.77. The van der Waals surface area contributed by atoms with Gasteiger partial charge in [-0.1, -0.05) is 50.8 Å². The number of aromatic nitrogens is 2. The molecule has 1 aromatic heterocycles. The summed E-state index contributed by atoms with van der Waals surface area (Å²) in [7, 11) is 0. The Labute approximate surface area is 140 Å². The number of amides is 1. The maximum absolute atomic E-state index is 12.4. The van der Waals surface area contributed by atoms with Crippen molar-refractivity contribution in [1.82, 2.24) is 15.6 Å². The lowest BCUT2D eigenvalue weighted by Gasteiger charge is -2.22. The van der Waals surface area contributed by atoms with E-state index in [0.29, 0.717) is 10.8 Å². The molecular formula is C18H22N4O2. The van der Waals surface area contributed by atoms with E-state index in [4.69, 9.17) is 0 Å². The number of benzene rings is 1. The van der Waals surface area contributed by atoms with Crippen LogP contribution in [0.15, 0.2) is 34.2 Å². The van der Waals surface area contributed by atoms with Crippen molar-refractivity contribution in [3.8, 4) is 0 Å². The molecule has 2 N–H and O–H groups in total. The van der Waals surface area contributed by atoms with Crippen LogP contribution in [0.1, 0.15) is 55.9 Å². The van der Waals surface area contributed by atoms with Crippen molar-refractivity contribution >= 4 is 22.9 Å². The molecule has 1 saturated carbocycles. The lowest BCUT2D eigenvalue weighted by Crippen LogP contribution is -2.25. The highest BCUT2D eigenvalue weighted by atomic mass is 16.2. The normalized spacial score (nSPS) is 17.7. The molecule has 0 unspecified atom stereocenters. The number of nitrogens with zero attached hydrogens (tertiary/aromatic N) is 2. The summed E-state index contributed by atoms with van der Waals surface area (Å²) in [6.45, 7) is 2.18. The van der Waals surface area contributed by atoms with Crippen LogP contribution >= 0.6 is 0 Å². The fourth-order valence-electron chi connectivity index (χ4n) is 3.25. The summed E-state index contributed by atoms with van der Waals surface area (Å²) in [6, 6.07) is 6.91. The number of aromatic amines is 1. The molecule has 6 heteroatoms. The van der Waals surface area contributed by atoms with E-state index >= 15 is 0 Å². The lowest BCUT2D eigenvalue weighted by atomic mass is 9.84. The van der Waals surface area contributed by atoms with E-state index in [-0.39, 0.29) is 16.7 Å². The Kier molecular flexibility index (Phi) is 4.74. The van der Waals surface area contributed by atoms with Crippen molar-refractivity contribution in [1.29, 1.82) is 0 Å². The van der Waals surface area contributed by atoms with Gasteiger partial charge >= 0.3 is 0 Å². The number of nitrogens with one attached hydrogen (secondary N) is 2. The highest BCUT2D eigenvalue weighted by Crippen LogP contribution is 2.32. The van der Waals surface area contributed by atoms with E-state index in [1.54, 1.807) is 24.3 Å². The molecule has 1 aliphatic carbocycles. The van der Waals surface area contributed by atoms with Gasteiger partial charge < -0.3 is 0 Å². The van der Waals surface area contributed by atoms with E-state index in [2.05, 4.69) is 27.6 Å². The molecule has 0 spiro atoms. The van der Waals surface area contributed by atoms with Crippen LogP contribution in [-0.4, -0.2) is 22.3 Å². The number of carbonyl (C=O) groups excluding carboxylic acids is 1. The van der Waals surface area contributed by atoms with Crippen molar-refractivity contribution in [2.75, 3.05) is 0 Å². The van der Waals surface area contributed by atoms with E-state index in [1.165, 1.54) is 25.7 Å². The van der Waals surface area contributed by atoms with Crippen LogP contribution in [0.25, 0.3) is 10.8 Å². The van der Waals surface area contributed by atoms with E-state index in [9.17, 15) is 9.59 Å². The van der Waals surface area contributed by atoms with Crippen LogP contribution in [0, 0.1) is 5.41 Å². The van der Waals surface area contributed by atoms with Gasteiger partial charge in [0.05, 0.1) is 5.39 Å². The van der Waals surface area contributed by atoms with Crippen LogP contribution in [0.2, 0.25) is 0 Å². The van der Waals surface area contributed by atoms with Crippen LogP contribution in [0.5, 0.6) is 0 Å². The van der Waals surface area contributed by atoms with Gasteiger partial charge in [-0.3, -0.25) is 9.59 Å². The standard InChI is InChI=1S/C18H22N4O2/c1-18(10-6-2-3-7-11-18)12-19-21-17(24)15-13-8-4-5-9-14(13)16(23)22-20-15/h4-5,8-9,12H,2-3,6-7,10-11H2,1H3,(H,21,24)(H,22,23)/b19-12+. The summed E-state index contributed by atoms with van der Waals surface area (Å²) in [5.41, 5.74) is 2.45. The average molecular weight is 326 g/mol. The number of hydrogen-bond acceptors (Lipinski definition) is 4. The topological polar surface area (TPSA) is 87.2 Å². The minimum atomic E-state index is -0.420. The Morgan fingerprint density at radius 3 is 2.58 bits per heavy atom. The molecule has 0 saturated heterocycles. The molecule has 1 aromatic carbocycles. The van der Waals surface area contributed by atoms with Crippen LogP contribution in [0.3, 0.4) is 0 Å². The van der Waals surface area contributed by atoms with Crippen LogP contribution in [0.4, 0.5) is 0 Å². The Morgan fingerprint density at radius 2 is 1.88 bits per heavy atom. The molecule has 1 heterocycles. The molecular weight excluding hydrogens is 304 g/mol. The summed E-state index contributed by atoms with van der Waals surface area (Å²) >= 11 is 0. The van der Waals surface area contributed by atoms with Crippen molar-refractivity contribution in [3.63, 3.8) is 0 Å². The zero-order chi connectivity index (χ0) is 17.0. The van der Waals surface area contributed by atoms with Crippen LogP contribution in [-0.2, 0) is 0 Å². The third kappa shape index (κ3) is 3.53. The first-order chi connectivity index (χ1) is 11.6. The second-order valence-electron chi connectivity index (χ2n) is 6.71. The smallest absolute Gasteiger partial charge is 0.267 e. The molecule has 1 fully saturated rings. The molecule has 0 atom stereocenters. The van der Waals surface area contributed by atoms with E-state index in [1.807, 2.05) is 6.21 Å². The molecule has 24 heavy (non-hydrogen) atoms.